The van der Waals surface area contributed by atoms with Crippen LogP contribution >= 0.6 is 0 Å². The molecule has 1 heterocycles. The van der Waals surface area contributed by atoms with Crippen LogP contribution in [0.4, 0.5) is 0 Å². The van der Waals surface area contributed by atoms with Gasteiger partial charge in [-0.1, -0.05) is 60.7 Å². The Balaban J connectivity index is 2.13. The van der Waals surface area contributed by atoms with Crippen LogP contribution in [-0.4, -0.2) is 21.3 Å². The van der Waals surface area contributed by atoms with Gasteiger partial charge in [0.15, 0.2) is 0 Å². The van der Waals surface area contributed by atoms with Crippen LogP contribution in [0, 0.1) is 10.1 Å². The van der Waals surface area contributed by atoms with Gasteiger partial charge in [-0.25, -0.2) is 0 Å². The first-order valence-electron chi connectivity index (χ1n) is 7.98. The monoisotopic (exact) mass is 334 g/mol. The molecule has 0 radical (unpaired) electrons. The van der Waals surface area contributed by atoms with Crippen molar-refractivity contribution in [2.45, 2.75) is 12.0 Å². The lowest BCUT2D eigenvalue weighted by Crippen LogP contribution is -2.37. The minimum Gasteiger partial charge on any atom is -0.354 e. The van der Waals surface area contributed by atoms with E-state index in [9.17, 15) is 14.9 Å². The zero-order valence-corrected chi connectivity index (χ0v) is 13.8. The lowest BCUT2D eigenvalue weighted by atomic mass is 9.84. The van der Waals surface area contributed by atoms with Gasteiger partial charge in [-0.05, 0) is 17.7 Å². The van der Waals surface area contributed by atoms with E-state index in [1.54, 1.807) is 30.3 Å². The highest BCUT2D eigenvalue weighted by Gasteiger charge is 2.42. The number of aromatic nitrogens is 1. The molecule has 0 saturated heterocycles. The fourth-order valence-electron chi connectivity index (χ4n) is 3.11. The maximum absolute atomic E-state index is 13.0. The van der Waals surface area contributed by atoms with Gasteiger partial charge >= 0.3 is 0 Å². The molecule has 0 aliphatic heterocycles. The smallest absolute Gasteiger partial charge is 0.286 e. The van der Waals surface area contributed by atoms with Crippen molar-refractivity contribution >= 4 is 5.78 Å². The highest BCUT2D eigenvalue weighted by Crippen LogP contribution is 2.31. The lowest BCUT2D eigenvalue weighted by molar-refractivity contribution is -0.507. The van der Waals surface area contributed by atoms with Crippen molar-refractivity contribution in [2.75, 3.05) is 0 Å². The van der Waals surface area contributed by atoms with E-state index in [1.807, 2.05) is 60.3 Å². The maximum atomic E-state index is 13.0. The Bertz CT molecular complexity index is 872. The minimum absolute atomic E-state index is 0.347. The third-order valence-electron chi connectivity index (χ3n) is 4.33. The second-order valence-corrected chi connectivity index (χ2v) is 5.89. The van der Waals surface area contributed by atoms with Crippen molar-refractivity contribution in [3.8, 4) is 0 Å². The molecule has 1 aromatic heterocycles. The lowest BCUT2D eigenvalue weighted by Gasteiger charge is -2.21. The highest BCUT2D eigenvalue weighted by molar-refractivity contribution is 6.00. The first-order valence-corrected chi connectivity index (χ1v) is 7.98. The zero-order valence-electron chi connectivity index (χ0n) is 13.8. The summed E-state index contributed by atoms with van der Waals surface area (Å²) in [6.45, 7) is 0. The Morgan fingerprint density at radius 2 is 1.56 bits per heavy atom. The summed E-state index contributed by atoms with van der Waals surface area (Å²) < 4.78 is 1.83. The number of Topliss-reactive ketones (excluding diaryl/α,β-unsaturated/α-hetero) is 1. The summed E-state index contributed by atoms with van der Waals surface area (Å²) in [6.07, 6.45) is 1.83. The fraction of sp³-hybridized carbons (Fsp3) is 0.150. The van der Waals surface area contributed by atoms with Gasteiger partial charge in [0.1, 0.15) is 0 Å². The van der Waals surface area contributed by atoms with Gasteiger partial charge in [-0.3, -0.25) is 14.9 Å². The third-order valence-corrected chi connectivity index (χ3v) is 4.33. The molecule has 3 rings (SSSR count). The number of ketones is 1. The predicted octanol–water partition coefficient (Wildman–Crippen LogP) is 3.69. The molecule has 0 bridgehead atoms. The summed E-state index contributed by atoms with van der Waals surface area (Å²) in [5.74, 6) is -1.15. The van der Waals surface area contributed by atoms with Gasteiger partial charge in [0, 0.05) is 29.4 Å². The zero-order chi connectivity index (χ0) is 17.8. The first-order chi connectivity index (χ1) is 12.1. The molecule has 5 heteroatoms. The number of hydrogen-bond acceptors (Lipinski definition) is 3. The Morgan fingerprint density at radius 1 is 0.960 bits per heavy atom. The van der Waals surface area contributed by atoms with Gasteiger partial charge in [0.2, 0.25) is 5.78 Å². The average molecular weight is 334 g/mol. The molecule has 0 saturated carbocycles. The van der Waals surface area contributed by atoms with Crippen molar-refractivity contribution < 1.29 is 9.72 Å². The van der Waals surface area contributed by atoms with E-state index in [0.717, 1.165) is 11.3 Å². The van der Waals surface area contributed by atoms with Crippen LogP contribution in [0.2, 0.25) is 0 Å². The van der Waals surface area contributed by atoms with Gasteiger partial charge in [0.05, 0.1) is 5.92 Å². The Morgan fingerprint density at radius 3 is 2.08 bits per heavy atom. The second kappa shape index (κ2) is 7.13. The number of hydrogen-bond donors (Lipinski definition) is 0. The summed E-state index contributed by atoms with van der Waals surface area (Å²) in [5.41, 5.74) is 1.83. The van der Waals surface area contributed by atoms with Crippen molar-refractivity contribution in [1.29, 1.82) is 0 Å². The van der Waals surface area contributed by atoms with Crippen LogP contribution in [0.15, 0.2) is 79.0 Å². The Kier molecular flexibility index (Phi) is 4.75. The number of carbonyl (C=O) groups excluding carboxylic acids is 1. The molecule has 0 N–H and O–H groups in total. The van der Waals surface area contributed by atoms with Crippen LogP contribution in [-0.2, 0) is 7.05 Å². The quantitative estimate of drug-likeness (QED) is 0.392. The molecule has 0 spiro atoms. The van der Waals surface area contributed by atoms with E-state index >= 15 is 0 Å². The highest BCUT2D eigenvalue weighted by atomic mass is 16.6. The van der Waals surface area contributed by atoms with E-state index in [4.69, 9.17) is 0 Å². The van der Waals surface area contributed by atoms with Crippen LogP contribution in [0.1, 0.15) is 27.5 Å². The van der Waals surface area contributed by atoms with Crippen LogP contribution in [0.3, 0.4) is 0 Å². The van der Waals surface area contributed by atoms with Gasteiger partial charge < -0.3 is 4.57 Å². The van der Waals surface area contributed by atoms with E-state index in [-0.39, 0.29) is 0 Å². The van der Waals surface area contributed by atoms with Crippen molar-refractivity contribution in [2.24, 2.45) is 7.05 Å². The first kappa shape index (κ1) is 16.6. The van der Waals surface area contributed by atoms with Gasteiger partial charge in [0.25, 0.3) is 6.04 Å². The van der Waals surface area contributed by atoms with Gasteiger partial charge in [-0.2, -0.15) is 0 Å². The van der Waals surface area contributed by atoms with Crippen LogP contribution in [0.25, 0.3) is 0 Å². The van der Waals surface area contributed by atoms with E-state index in [1.165, 1.54) is 0 Å². The number of rotatable bonds is 6. The number of carbonyl (C=O) groups is 1. The molecule has 0 aliphatic carbocycles. The Labute approximate surface area is 145 Å². The normalized spacial score (nSPS) is 13.2. The summed E-state index contributed by atoms with van der Waals surface area (Å²) in [4.78, 5) is 24.4. The molecule has 2 atom stereocenters. The number of nitrogens with zero attached hydrogens (tertiary/aromatic N) is 2. The molecular weight excluding hydrogens is 316 g/mol. The maximum Gasteiger partial charge on any atom is 0.286 e. The second-order valence-electron chi connectivity index (χ2n) is 5.89. The van der Waals surface area contributed by atoms with E-state index in [2.05, 4.69) is 0 Å². The van der Waals surface area contributed by atoms with E-state index in [0.29, 0.717) is 5.56 Å². The third kappa shape index (κ3) is 3.35. The molecule has 126 valence electrons. The standard InChI is InChI=1S/C20H18N2O3/c1-21-14-8-13-17(21)18(15-9-4-2-5-10-15)19(22(24)25)20(23)16-11-6-3-7-12-16/h2-14,18-19H,1H3. The van der Waals surface area contributed by atoms with E-state index < -0.39 is 22.7 Å². The summed E-state index contributed by atoms with van der Waals surface area (Å²) >= 11 is 0. The molecular formula is C20H18N2O3. The summed E-state index contributed by atoms with van der Waals surface area (Å²) in [5, 5.41) is 11.9. The SMILES string of the molecule is Cn1cccc1C(c1ccccc1)C(C(=O)c1ccccc1)[N+](=O)[O-]. The largest absolute Gasteiger partial charge is 0.354 e. The summed E-state index contributed by atoms with van der Waals surface area (Å²) in [6, 6.07) is 19.9. The molecule has 0 amide bonds. The molecule has 5 nitrogen and oxygen atoms in total. The molecule has 2 unspecified atom stereocenters. The molecule has 25 heavy (non-hydrogen) atoms. The molecule has 3 aromatic rings. The molecule has 2 aromatic carbocycles. The average Bonchev–Trinajstić information content (AvgIpc) is 3.05. The number of nitro groups is 1. The molecule has 0 fully saturated rings. The number of aryl methyl sites for hydroxylation is 1. The predicted molar refractivity (Wildman–Crippen MR) is 95.3 cm³/mol. The molecule has 0 aliphatic rings. The van der Waals surface area contributed by atoms with Crippen LogP contribution in [0.5, 0.6) is 0 Å². The number of benzene rings is 2. The fourth-order valence-corrected chi connectivity index (χ4v) is 3.11. The Hall–Kier alpha value is -3.21. The minimum atomic E-state index is -1.39. The van der Waals surface area contributed by atoms with Crippen molar-refractivity contribution in [3.63, 3.8) is 0 Å². The summed E-state index contributed by atoms with van der Waals surface area (Å²) in [7, 11) is 1.83. The van der Waals surface area contributed by atoms with Crippen molar-refractivity contribution in [3.05, 3.63) is 106 Å². The van der Waals surface area contributed by atoms with Crippen molar-refractivity contribution in [1.82, 2.24) is 4.57 Å². The van der Waals surface area contributed by atoms with Crippen LogP contribution < -0.4 is 0 Å². The topological polar surface area (TPSA) is 65.1 Å². The van der Waals surface area contributed by atoms with Gasteiger partial charge in [-0.15, -0.1) is 0 Å².